The Bertz CT molecular complexity index is 833. The maximum atomic E-state index is 12.9. The van der Waals surface area contributed by atoms with Crippen molar-refractivity contribution < 1.29 is 9.59 Å². The van der Waals surface area contributed by atoms with Gasteiger partial charge >= 0.3 is 0 Å². The highest BCUT2D eigenvalue weighted by Crippen LogP contribution is 2.19. The summed E-state index contributed by atoms with van der Waals surface area (Å²) in [6.07, 6.45) is 0. The van der Waals surface area contributed by atoms with Crippen LogP contribution in [0.5, 0.6) is 0 Å². The first-order chi connectivity index (χ1) is 11.5. The summed E-state index contributed by atoms with van der Waals surface area (Å²) >= 11 is 6.04. The smallest absolute Gasteiger partial charge is 0.259 e. The van der Waals surface area contributed by atoms with E-state index < -0.39 is 0 Å². The molecule has 5 nitrogen and oxygen atoms in total. The summed E-state index contributed by atoms with van der Waals surface area (Å²) in [7, 11) is 0. The van der Waals surface area contributed by atoms with E-state index in [4.69, 9.17) is 11.6 Å². The van der Waals surface area contributed by atoms with Crippen LogP contribution in [0.2, 0.25) is 5.02 Å². The van der Waals surface area contributed by atoms with Gasteiger partial charge in [0.1, 0.15) is 5.84 Å². The molecule has 0 fully saturated rings. The van der Waals surface area contributed by atoms with Crippen LogP contribution >= 0.6 is 11.6 Å². The van der Waals surface area contributed by atoms with Gasteiger partial charge in [0.25, 0.3) is 5.91 Å². The second kappa shape index (κ2) is 6.84. The van der Waals surface area contributed by atoms with Crippen molar-refractivity contribution in [3.63, 3.8) is 0 Å². The molecule has 0 atom stereocenters. The summed E-state index contributed by atoms with van der Waals surface area (Å²) in [6.45, 7) is 2.50. The molecule has 24 heavy (non-hydrogen) atoms. The van der Waals surface area contributed by atoms with Crippen LogP contribution in [0.15, 0.2) is 53.5 Å². The molecule has 0 aromatic heterocycles. The van der Waals surface area contributed by atoms with Gasteiger partial charge in [0, 0.05) is 35.3 Å². The molecule has 0 saturated carbocycles. The SMILES string of the molecule is CC(=O)Nc1cccc(C(=O)N2CCN=C2c2cccc(Cl)c2)c1. The van der Waals surface area contributed by atoms with E-state index in [1.54, 1.807) is 41.3 Å². The van der Waals surface area contributed by atoms with Gasteiger partial charge in [-0.1, -0.05) is 29.8 Å². The number of aliphatic imine (C=N–C) groups is 1. The average molecular weight is 342 g/mol. The van der Waals surface area contributed by atoms with Crippen LogP contribution in [0, 0.1) is 0 Å². The van der Waals surface area contributed by atoms with Gasteiger partial charge in [0.15, 0.2) is 0 Å². The van der Waals surface area contributed by atoms with Gasteiger partial charge in [-0.3, -0.25) is 19.5 Å². The molecule has 3 rings (SSSR count). The summed E-state index contributed by atoms with van der Waals surface area (Å²) in [5.74, 6) is 0.285. The molecule has 1 heterocycles. The molecule has 1 aliphatic rings. The van der Waals surface area contributed by atoms with Crippen LogP contribution in [0.25, 0.3) is 0 Å². The van der Waals surface area contributed by atoms with Gasteiger partial charge in [-0.05, 0) is 30.3 Å². The molecule has 0 aliphatic carbocycles. The third-order valence-electron chi connectivity index (χ3n) is 3.60. The number of hydrogen-bond acceptors (Lipinski definition) is 3. The number of carbonyl (C=O) groups is 2. The predicted molar refractivity (Wildman–Crippen MR) is 94.6 cm³/mol. The fraction of sp³-hybridized carbons (Fsp3) is 0.167. The number of nitrogens with one attached hydrogen (secondary N) is 1. The molecule has 2 aromatic rings. The minimum Gasteiger partial charge on any atom is -0.326 e. The van der Waals surface area contributed by atoms with Crippen LogP contribution in [-0.2, 0) is 4.79 Å². The summed E-state index contributed by atoms with van der Waals surface area (Å²) < 4.78 is 0. The highest BCUT2D eigenvalue weighted by atomic mass is 35.5. The number of anilines is 1. The van der Waals surface area contributed by atoms with Crippen LogP contribution < -0.4 is 5.32 Å². The molecule has 6 heteroatoms. The van der Waals surface area contributed by atoms with Crippen LogP contribution in [0.4, 0.5) is 5.69 Å². The molecule has 0 bridgehead atoms. The zero-order chi connectivity index (χ0) is 17.1. The second-order valence-corrected chi connectivity index (χ2v) is 5.87. The van der Waals surface area contributed by atoms with Crippen molar-refractivity contribution in [3.8, 4) is 0 Å². The van der Waals surface area contributed by atoms with Gasteiger partial charge < -0.3 is 5.32 Å². The zero-order valence-corrected chi connectivity index (χ0v) is 13.9. The van der Waals surface area contributed by atoms with E-state index in [2.05, 4.69) is 10.3 Å². The second-order valence-electron chi connectivity index (χ2n) is 5.43. The largest absolute Gasteiger partial charge is 0.326 e. The molecule has 1 N–H and O–H groups in total. The summed E-state index contributed by atoms with van der Waals surface area (Å²) in [6, 6.07) is 14.2. The summed E-state index contributed by atoms with van der Waals surface area (Å²) in [5, 5.41) is 3.28. The molecule has 1 aliphatic heterocycles. The fourth-order valence-corrected chi connectivity index (χ4v) is 2.80. The van der Waals surface area contributed by atoms with E-state index in [1.807, 2.05) is 12.1 Å². The topological polar surface area (TPSA) is 61.8 Å². The summed E-state index contributed by atoms with van der Waals surface area (Å²) in [4.78, 5) is 30.1. The first-order valence-electron chi connectivity index (χ1n) is 7.54. The third-order valence-corrected chi connectivity index (χ3v) is 3.83. The fourth-order valence-electron chi connectivity index (χ4n) is 2.61. The Morgan fingerprint density at radius 3 is 2.71 bits per heavy atom. The number of hydrogen-bond donors (Lipinski definition) is 1. The lowest BCUT2D eigenvalue weighted by Crippen LogP contribution is -2.34. The Morgan fingerprint density at radius 2 is 1.96 bits per heavy atom. The minimum absolute atomic E-state index is 0.154. The predicted octanol–water partition coefficient (Wildman–Crippen LogP) is 3.20. The van der Waals surface area contributed by atoms with Gasteiger partial charge in [-0.15, -0.1) is 0 Å². The zero-order valence-electron chi connectivity index (χ0n) is 13.1. The number of benzene rings is 2. The van der Waals surface area contributed by atoms with Gasteiger partial charge in [0.2, 0.25) is 5.91 Å². The first kappa shape index (κ1) is 16.2. The Morgan fingerprint density at radius 1 is 1.17 bits per heavy atom. The van der Waals surface area contributed by atoms with E-state index in [-0.39, 0.29) is 11.8 Å². The van der Waals surface area contributed by atoms with Crippen molar-refractivity contribution in [1.82, 2.24) is 4.90 Å². The van der Waals surface area contributed by atoms with Crippen molar-refractivity contribution >= 4 is 34.9 Å². The van der Waals surface area contributed by atoms with E-state index in [9.17, 15) is 9.59 Å². The van der Waals surface area contributed by atoms with Crippen molar-refractivity contribution in [1.29, 1.82) is 0 Å². The van der Waals surface area contributed by atoms with Crippen LogP contribution in [-0.4, -0.2) is 35.6 Å². The average Bonchev–Trinajstić information content (AvgIpc) is 3.03. The maximum Gasteiger partial charge on any atom is 0.259 e. The van der Waals surface area contributed by atoms with E-state index in [0.29, 0.717) is 35.2 Å². The Hall–Kier alpha value is -2.66. The Balaban J connectivity index is 1.87. The number of halogens is 1. The molecule has 2 aromatic carbocycles. The van der Waals surface area contributed by atoms with Gasteiger partial charge in [-0.2, -0.15) is 0 Å². The maximum absolute atomic E-state index is 12.9. The van der Waals surface area contributed by atoms with E-state index in [0.717, 1.165) is 5.56 Å². The first-order valence-corrected chi connectivity index (χ1v) is 7.92. The van der Waals surface area contributed by atoms with Crippen molar-refractivity contribution in [2.45, 2.75) is 6.92 Å². The molecule has 0 unspecified atom stereocenters. The van der Waals surface area contributed by atoms with E-state index in [1.165, 1.54) is 6.92 Å². The minimum atomic E-state index is -0.179. The van der Waals surface area contributed by atoms with Crippen molar-refractivity contribution in [2.75, 3.05) is 18.4 Å². The van der Waals surface area contributed by atoms with Crippen molar-refractivity contribution in [3.05, 3.63) is 64.7 Å². The Labute approximate surface area is 145 Å². The quantitative estimate of drug-likeness (QED) is 0.931. The van der Waals surface area contributed by atoms with E-state index >= 15 is 0 Å². The van der Waals surface area contributed by atoms with Gasteiger partial charge in [0.05, 0.1) is 6.54 Å². The van der Waals surface area contributed by atoms with Crippen molar-refractivity contribution in [2.24, 2.45) is 4.99 Å². The normalized spacial score (nSPS) is 13.6. The number of amidine groups is 1. The molecule has 122 valence electrons. The third kappa shape index (κ3) is 3.46. The Kier molecular flexibility index (Phi) is 4.62. The molecule has 0 spiro atoms. The number of amides is 2. The molecule has 0 radical (unpaired) electrons. The molecule has 2 amide bonds. The summed E-state index contributed by atoms with van der Waals surface area (Å²) in [5.41, 5.74) is 1.90. The lowest BCUT2D eigenvalue weighted by Gasteiger charge is -2.19. The highest BCUT2D eigenvalue weighted by molar-refractivity contribution is 6.31. The molecule has 0 saturated heterocycles. The van der Waals surface area contributed by atoms with Gasteiger partial charge in [-0.25, -0.2) is 0 Å². The standard InChI is InChI=1S/C18H16ClN3O2/c1-12(23)21-16-7-3-5-14(11-16)18(24)22-9-8-20-17(22)13-4-2-6-15(19)10-13/h2-7,10-11H,8-9H2,1H3,(H,21,23). The monoisotopic (exact) mass is 341 g/mol. The number of nitrogens with zero attached hydrogens (tertiary/aromatic N) is 2. The number of rotatable bonds is 3. The number of carbonyl (C=O) groups excluding carboxylic acids is 2. The molecular formula is C18H16ClN3O2. The highest BCUT2D eigenvalue weighted by Gasteiger charge is 2.26. The molecular weight excluding hydrogens is 326 g/mol. The van der Waals surface area contributed by atoms with Crippen LogP contribution in [0.1, 0.15) is 22.8 Å². The lowest BCUT2D eigenvalue weighted by atomic mass is 10.1. The van der Waals surface area contributed by atoms with Crippen LogP contribution in [0.3, 0.4) is 0 Å². The lowest BCUT2D eigenvalue weighted by molar-refractivity contribution is -0.114.